The van der Waals surface area contributed by atoms with Gasteiger partial charge in [0.05, 0.1) is 6.61 Å². The quantitative estimate of drug-likeness (QED) is 0.511. The van der Waals surface area contributed by atoms with Crippen LogP contribution in [0.5, 0.6) is 0 Å². The van der Waals surface area contributed by atoms with E-state index in [0.717, 1.165) is 6.26 Å². The number of carbonyl (C=O) groups is 1. The second kappa shape index (κ2) is 4.59. The Labute approximate surface area is 84.9 Å². The van der Waals surface area contributed by atoms with Crippen LogP contribution in [0.4, 0.5) is 0 Å². The molecule has 0 bridgehead atoms. The van der Waals surface area contributed by atoms with Crippen LogP contribution >= 0.6 is 0 Å². The first-order valence-electron chi connectivity index (χ1n) is 4.27. The minimum Gasteiger partial charge on any atom is -0.465 e. The van der Waals surface area contributed by atoms with Gasteiger partial charge >= 0.3 is 5.97 Å². The van der Waals surface area contributed by atoms with Crippen LogP contribution in [0, 0.1) is 0 Å². The summed E-state index contributed by atoms with van der Waals surface area (Å²) in [4.78, 5) is 11.5. The summed E-state index contributed by atoms with van der Waals surface area (Å²) in [6.07, 6.45) is 2.48. The van der Waals surface area contributed by atoms with E-state index in [2.05, 4.69) is 6.58 Å². The van der Waals surface area contributed by atoms with Gasteiger partial charge in [0.15, 0.2) is 14.6 Å². The Balaban J connectivity index is 5.10. The molecule has 0 aromatic carbocycles. The van der Waals surface area contributed by atoms with Crippen LogP contribution in [0.2, 0.25) is 0 Å². The second-order valence-corrected chi connectivity index (χ2v) is 5.66. The minimum atomic E-state index is -3.49. The van der Waals surface area contributed by atoms with Crippen molar-refractivity contribution in [2.45, 2.75) is 25.0 Å². The number of hydrogen-bond acceptors (Lipinski definition) is 4. The molecule has 0 heterocycles. The molecule has 0 aromatic heterocycles. The largest absolute Gasteiger partial charge is 0.465 e. The summed E-state index contributed by atoms with van der Waals surface area (Å²) in [6.45, 7) is 6.58. The van der Waals surface area contributed by atoms with E-state index in [-0.39, 0.29) is 13.0 Å². The van der Waals surface area contributed by atoms with Crippen LogP contribution in [0.1, 0.15) is 20.3 Å². The fourth-order valence-corrected chi connectivity index (χ4v) is 1.73. The SMILES string of the molecule is C=CC[C@@](C)(C(=O)OCC)S(C)(=O)=O. The zero-order valence-electron chi connectivity index (χ0n) is 8.74. The van der Waals surface area contributed by atoms with Crippen molar-refractivity contribution in [1.29, 1.82) is 0 Å². The van der Waals surface area contributed by atoms with Gasteiger partial charge in [0.25, 0.3) is 0 Å². The van der Waals surface area contributed by atoms with E-state index in [1.807, 2.05) is 0 Å². The maximum Gasteiger partial charge on any atom is 0.327 e. The molecule has 0 unspecified atom stereocenters. The molecule has 0 rings (SSSR count). The molecule has 0 aliphatic carbocycles. The van der Waals surface area contributed by atoms with Crippen molar-refractivity contribution in [2.24, 2.45) is 0 Å². The third-order valence-electron chi connectivity index (χ3n) is 2.06. The highest BCUT2D eigenvalue weighted by atomic mass is 32.2. The molecule has 5 heteroatoms. The first-order chi connectivity index (χ1) is 6.29. The van der Waals surface area contributed by atoms with Crippen LogP contribution in [0.3, 0.4) is 0 Å². The van der Waals surface area contributed by atoms with Crippen LogP contribution in [-0.4, -0.2) is 32.0 Å². The van der Waals surface area contributed by atoms with Crippen molar-refractivity contribution in [3.05, 3.63) is 12.7 Å². The molecular weight excluding hydrogens is 204 g/mol. The van der Waals surface area contributed by atoms with E-state index < -0.39 is 20.6 Å². The van der Waals surface area contributed by atoms with Crippen molar-refractivity contribution in [1.82, 2.24) is 0 Å². The Morgan fingerprint density at radius 3 is 2.36 bits per heavy atom. The monoisotopic (exact) mass is 220 g/mol. The summed E-state index contributed by atoms with van der Waals surface area (Å²) in [7, 11) is -3.49. The Morgan fingerprint density at radius 1 is 1.57 bits per heavy atom. The van der Waals surface area contributed by atoms with E-state index in [4.69, 9.17) is 4.74 Å². The van der Waals surface area contributed by atoms with E-state index in [1.54, 1.807) is 6.92 Å². The molecular formula is C9H16O4S. The Morgan fingerprint density at radius 2 is 2.07 bits per heavy atom. The zero-order chi connectivity index (χ0) is 11.4. The Kier molecular flexibility index (Phi) is 4.32. The van der Waals surface area contributed by atoms with Gasteiger partial charge in [-0.15, -0.1) is 6.58 Å². The van der Waals surface area contributed by atoms with Gasteiger partial charge in [-0.2, -0.15) is 0 Å². The zero-order valence-corrected chi connectivity index (χ0v) is 9.56. The van der Waals surface area contributed by atoms with Crippen LogP contribution < -0.4 is 0 Å². The average molecular weight is 220 g/mol. The lowest BCUT2D eigenvalue weighted by atomic mass is 10.1. The molecule has 0 N–H and O–H groups in total. The van der Waals surface area contributed by atoms with Crippen LogP contribution in [0.15, 0.2) is 12.7 Å². The van der Waals surface area contributed by atoms with Crippen molar-refractivity contribution >= 4 is 15.8 Å². The van der Waals surface area contributed by atoms with Crippen molar-refractivity contribution in [2.75, 3.05) is 12.9 Å². The molecule has 0 aliphatic rings. The van der Waals surface area contributed by atoms with Crippen molar-refractivity contribution in [3.63, 3.8) is 0 Å². The van der Waals surface area contributed by atoms with Crippen LogP contribution in [0.25, 0.3) is 0 Å². The summed E-state index contributed by atoms with van der Waals surface area (Å²) in [5.74, 6) is -0.720. The van der Waals surface area contributed by atoms with Gasteiger partial charge in [-0.1, -0.05) is 6.08 Å². The third kappa shape index (κ3) is 2.57. The van der Waals surface area contributed by atoms with Gasteiger partial charge in [0.1, 0.15) is 0 Å². The van der Waals surface area contributed by atoms with E-state index in [0.29, 0.717) is 0 Å². The second-order valence-electron chi connectivity index (χ2n) is 3.22. The maximum absolute atomic E-state index is 11.5. The molecule has 82 valence electrons. The minimum absolute atomic E-state index is 0.0602. The topological polar surface area (TPSA) is 60.4 Å². The molecule has 4 nitrogen and oxygen atoms in total. The predicted molar refractivity (Wildman–Crippen MR) is 54.7 cm³/mol. The first kappa shape index (κ1) is 13.2. The molecule has 1 atom stereocenters. The highest BCUT2D eigenvalue weighted by Gasteiger charge is 2.43. The fourth-order valence-electron chi connectivity index (χ4n) is 0.945. The summed E-state index contributed by atoms with van der Waals surface area (Å²) < 4.78 is 26.0. The summed E-state index contributed by atoms with van der Waals surface area (Å²) >= 11 is 0. The number of allylic oxidation sites excluding steroid dienone is 1. The predicted octanol–water partition coefficient (Wildman–Crippen LogP) is 0.929. The highest BCUT2D eigenvalue weighted by Crippen LogP contribution is 2.23. The van der Waals surface area contributed by atoms with Gasteiger partial charge in [0.2, 0.25) is 0 Å². The van der Waals surface area contributed by atoms with Gasteiger partial charge in [-0.3, -0.25) is 4.79 Å². The molecule has 0 spiro atoms. The molecule has 0 radical (unpaired) electrons. The summed E-state index contributed by atoms with van der Waals surface area (Å²) in [6, 6.07) is 0. The van der Waals surface area contributed by atoms with Gasteiger partial charge in [-0.25, -0.2) is 8.42 Å². The molecule has 0 aromatic rings. The number of sulfone groups is 1. The smallest absolute Gasteiger partial charge is 0.327 e. The highest BCUT2D eigenvalue weighted by molar-refractivity contribution is 7.92. The van der Waals surface area contributed by atoms with E-state index >= 15 is 0 Å². The van der Waals surface area contributed by atoms with E-state index in [1.165, 1.54) is 13.0 Å². The number of ether oxygens (including phenoxy) is 1. The number of carbonyl (C=O) groups excluding carboxylic acids is 1. The molecule has 14 heavy (non-hydrogen) atoms. The standard InChI is InChI=1S/C9H16O4S/c1-5-7-9(3,14(4,11)12)8(10)13-6-2/h5H,1,6-7H2,2-4H3/t9-/m0/s1. The summed E-state index contributed by atoms with van der Waals surface area (Å²) in [5, 5.41) is 0. The molecule has 0 fully saturated rings. The molecule has 0 aliphatic heterocycles. The third-order valence-corrected chi connectivity index (χ3v) is 4.03. The lowest BCUT2D eigenvalue weighted by Crippen LogP contribution is -2.43. The number of hydrogen-bond donors (Lipinski definition) is 0. The normalized spacial score (nSPS) is 15.6. The lowest BCUT2D eigenvalue weighted by Gasteiger charge is -2.23. The lowest BCUT2D eigenvalue weighted by molar-refractivity contribution is -0.145. The molecule has 0 saturated carbocycles. The molecule has 0 saturated heterocycles. The van der Waals surface area contributed by atoms with Gasteiger partial charge in [0, 0.05) is 6.26 Å². The van der Waals surface area contributed by atoms with Crippen molar-refractivity contribution < 1.29 is 17.9 Å². The number of rotatable bonds is 5. The average Bonchev–Trinajstić information content (AvgIpc) is 2.03. The van der Waals surface area contributed by atoms with Gasteiger partial charge < -0.3 is 4.74 Å². The number of esters is 1. The summed E-state index contributed by atoms with van der Waals surface area (Å²) in [5.41, 5.74) is 0. The molecule has 0 amide bonds. The Hall–Kier alpha value is -0.840. The van der Waals surface area contributed by atoms with Crippen LogP contribution in [-0.2, 0) is 19.4 Å². The van der Waals surface area contributed by atoms with E-state index in [9.17, 15) is 13.2 Å². The first-order valence-corrected chi connectivity index (χ1v) is 6.16. The fraction of sp³-hybridized carbons (Fsp3) is 0.667. The van der Waals surface area contributed by atoms with Crippen molar-refractivity contribution in [3.8, 4) is 0 Å². The Bertz CT molecular complexity index is 318. The van der Waals surface area contributed by atoms with Gasteiger partial charge in [-0.05, 0) is 20.3 Å². The maximum atomic E-state index is 11.5.